The van der Waals surface area contributed by atoms with Crippen molar-refractivity contribution >= 4 is 0 Å². The van der Waals surface area contributed by atoms with E-state index >= 15 is 0 Å². The molecule has 0 radical (unpaired) electrons. The van der Waals surface area contributed by atoms with Crippen molar-refractivity contribution in [3.8, 4) is 0 Å². The highest BCUT2D eigenvalue weighted by Gasteiger charge is 2.57. The van der Waals surface area contributed by atoms with Gasteiger partial charge >= 0.3 is 0 Å². The predicted molar refractivity (Wildman–Crippen MR) is 120 cm³/mol. The lowest BCUT2D eigenvalue weighted by molar-refractivity contribution is -0.0283. The first-order valence-corrected chi connectivity index (χ1v) is 12.5. The molecule has 4 aliphatic rings. The van der Waals surface area contributed by atoms with Gasteiger partial charge in [-0.3, -0.25) is 0 Å². The molecule has 29 heavy (non-hydrogen) atoms. The van der Waals surface area contributed by atoms with Crippen molar-refractivity contribution in [1.29, 1.82) is 0 Å². The molecule has 4 rings (SSSR count). The summed E-state index contributed by atoms with van der Waals surface area (Å²) < 4.78 is 0. The van der Waals surface area contributed by atoms with Gasteiger partial charge in [0.2, 0.25) is 0 Å². The first-order valence-electron chi connectivity index (χ1n) is 12.5. The fourth-order valence-electron chi connectivity index (χ4n) is 8.08. The first kappa shape index (κ1) is 21.6. The van der Waals surface area contributed by atoms with Gasteiger partial charge in [-0.2, -0.15) is 0 Å². The zero-order chi connectivity index (χ0) is 21.0. The van der Waals surface area contributed by atoms with Gasteiger partial charge in [-0.15, -0.1) is 0 Å². The second-order valence-corrected chi connectivity index (χ2v) is 11.9. The smallest absolute Gasteiger partial charge is 0.102 e. The largest absolute Gasteiger partial charge is 0.390 e. The van der Waals surface area contributed by atoms with E-state index < -0.39 is 12.2 Å². The van der Waals surface area contributed by atoms with Gasteiger partial charge in [-0.1, -0.05) is 71.6 Å². The Morgan fingerprint density at radius 2 is 1.69 bits per heavy atom. The third kappa shape index (κ3) is 3.47. The summed E-state index contributed by atoms with van der Waals surface area (Å²) >= 11 is 0. The van der Waals surface area contributed by atoms with Gasteiger partial charge in [0.05, 0.1) is 6.10 Å². The van der Waals surface area contributed by atoms with E-state index in [1.807, 2.05) is 0 Å². The van der Waals surface area contributed by atoms with Crippen LogP contribution in [0.3, 0.4) is 0 Å². The van der Waals surface area contributed by atoms with Crippen LogP contribution in [-0.2, 0) is 0 Å². The molecule has 2 nitrogen and oxygen atoms in total. The Hall–Kier alpha value is -0.600. The van der Waals surface area contributed by atoms with E-state index in [1.165, 1.54) is 44.9 Å². The molecule has 0 aromatic carbocycles. The SMILES string of the molecule is CC(C)CCC[C@@H](C)[C@H]1CC[C@H]2C3=CC=C4[C@H](O)[C@@H](O)CC[C@]4(C)[C@H]3CC[C@]12C. The molecule has 8 atom stereocenters. The number of rotatable bonds is 5. The van der Waals surface area contributed by atoms with Crippen molar-refractivity contribution in [2.75, 3.05) is 0 Å². The minimum absolute atomic E-state index is 0.0467. The lowest BCUT2D eigenvalue weighted by atomic mass is 9.49. The fourth-order valence-corrected chi connectivity index (χ4v) is 8.08. The molecular formula is C27H44O2. The van der Waals surface area contributed by atoms with Gasteiger partial charge in [-0.05, 0) is 84.5 Å². The van der Waals surface area contributed by atoms with Crippen LogP contribution in [0.4, 0.5) is 0 Å². The van der Waals surface area contributed by atoms with Gasteiger partial charge in [0.1, 0.15) is 6.10 Å². The summed E-state index contributed by atoms with van der Waals surface area (Å²) in [5.74, 6) is 3.80. The van der Waals surface area contributed by atoms with Crippen LogP contribution in [0.5, 0.6) is 0 Å². The topological polar surface area (TPSA) is 40.5 Å². The summed E-state index contributed by atoms with van der Waals surface area (Å²) in [5, 5.41) is 20.9. The molecule has 0 heterocycles. The minimum atomic E-state index is -0.669. The highest BCUT2D eigenvalue weighted by Crippen LogP contribution is 2.66. The molecule has 3 fully saturated rings. The molecular weight excluding hydrogens is 356 g/mol. The van der Waals surface area contributed by atoms with E-state index in [-0.39, 0.29) is 5.41 Å². The van der Waals surface area contributed by atoms with Crippen LogP contribution in [0.2, 0.25) is 0 Å². The van der Waals surface area contributed by atoms with Crippen molar-refractivity contribution in [3.05, 3.63) is 23.3 Å². The van der Waals surface area contributed by atoms with Crippen molar-refractivity contribution < 1.29 is 10.2 Å². The Morgan fingerprint density at radius 1 is 0.931 bits per heavy atom. The lowest BCUT2D eigenvalue weighted by Gasteiger charge is -2.56. The fraction of sp³-hybridized carbons (Fsp3) is 0.852. The molecule has 0 bridgehead atoms. The maximum absolute atomic E-state index is 10.7. The van der Waals surface area contributed by atoms with Crippen molar-refractivity contribution in [1.82, 2.24) is 0 Å². The number of fused-ring (bicyclic) bond motifs is 5. The Balaban J connectivity index is 1.55. The Bertz CT molecular complexity index is 676. The van der Waals surface area contributed by atoms with Crippen LogP contribution in [0.15, 0.2) is 23.3 Å². The summed E-state index contributed by atoms with van der Waals surface area (Å²) in [5.41, 5.74) is 3.29. The lowest BCUT2D eigenvalue weighted by Crippen LogP contribution is -2.50. The summed E-state index contributed by atoms with van der Waals surface area (Å²) in [6.45, 7) is 12.2. The van der Waals surface area contributed by atoms with Crippen LogP contribution >= 0.6 is 0 Å². The maximum atomic E-state index is 10.7. The van der Waals surface area contributed by atoms with Crippen molar-refractivity contribution in [3.63, 3.8) is 0 Å². The Kier molecular flexibility index (Phi) is 5.84. The standard InChI is InChI=1S/C27H44O2/c1-17(2)7-6-8-18(3)20-11-12-21-19-9-10-23-25(29)24(28)14-16-27(23,5)22(19)13-15-26(20,21)4/h9-10,17-18,20-22,24-25,28-29H,6-8,11-16H2,1-5H3/t18-,20-,21+,22+,24+,25+,26-,27-/m1/s1. The molecule has 4 aliphatic carbocycles. The number of allylic oxidation sites excluding steroid dienone is 3. The Labute approximate surface area is 178 Å². The zero-order valence-electron chi connectivity index (χ0n) is 19.5. The van der Waals surface area contributed by atoms with E-state index in [1.54, 1.807) is 5.57 Å². The Morgan fingerprint density at radius 3 is 2.41 bits per heavy atom. The van der Waals surface area contributed by atoms with Gasteiger partial charge in [-0.25, -0.2) is 0 Å². The maximum Gasteiger partial charge on any atom is 0.102 e. The number of hydrogen-bond donors (Lipinski definition) is 2. The van der Waals surface area contributed by atoms with Crippen LogP contribution < -0.4 is 0 Å². The number of aliphatic hydroxyl groups is 2. The van der Waals surface area contributed by atoms with Gasteiger partial charge in [0.15, 0.2) is 0 Å². The van der Waals surface area contributed by atoms with Crippen LogP contribution in [-0.4, -0.2) is 22.4 Å². The average Bonchev–Trinajstić information content (AvgIpc) is 3.02. The molecule has 164 valence electrons. The average molecular weight is 401 g/mol. The molecule has 0 amide bonds. The highest BCUT2D eigenvalue weighted by molar-refractivity contribution is 5.40. The molecule has 3 saturated carbocycles. The summed E-state index contributed by atoms with van der Waals surface area (Å²) in [4.78, 5) is 0. The van der Waals surface area contributed by atoms with Crippen LogP contribution in [0.1, 0.15) is 92.4 Å². The third-order valence-corrected chi connectivity index (χ3v) is 9.84. The van der Waals surface area contributed by atoms with Crippen molar-refractivity contribution in [2.45, 2.75) is 105 Å². The summed E-state index contributed by atoms with van der Waals surface area (Å²) in [6, 6.07) is 0. The van der Waals surface area contributed by atoms with Gasteiger partial charge < -0.3 is 10.2 Å². The van der Waals surface area contributed by atoms with Crippen LogP contribution in [0, 0.1) is 40.4 Å². The third-order valence-electron chi connectivity index (χ3n) is 9.84. The number of hydrogen-bond acceptors (Lipinski definition) is 2. The molecule has 2 N–H and O–H groups in total. The van der Waals surface area contributed by atoms with Gasteiger partial charge in [0, 0.05) is 0 Å². The molecule has 0 aliphatic heterocycles. The normalized spacial score (nSPS) is 45.2. The predicted octanol–water partition coefficient (Wildman–Crippen LogP) is 6.28. The quantitative estimate of drug-likeness (QED) is 0.570. The van der Waals surface area contributed by atoms with E-state index in [9.17, 15) is 10.2 Å². The molecule has 0 aromatic heterocycles. The van der Waals surface area contributed by atoms with E-state index in [0.29, 0.717) is 11.3 Å². The van der Waals surface area contributed by atoms with E-state index in [0.717, 1.165) is 42.1 Å². The summed E-state index contributed by atoms with van der Waals surface area (Å²) in [6.07, 6.45) is 14.5. The van der Waals surface area contributed by atoms with Crippen molar-refractivity contribution in [2.24, 2.45) is 40.4 Å². The summed E-state index contributed by atoms with van der Waals surface area (Å²) in [7, 11) is 0. The molecule has 2 heteroatoms. The van der Waals surface area contributed by atoms with E-state index in [2.05, 4.69) is 46.8 Å². The minimum Gasteiger partial charge on any atom is -0.390 e. The van der Waals surface area contributed by atoms with Gasteiger partial charge in [0.25, 0.3) is 0 Å². The highest BCUT2D eigenvalue weighted by atomic mass is 16.3. The number of aliphatic hydroxyl groups excluding tert-OH is 2. The molecule has 0 unspecified atom stereocenters. The molecule has 0 spiro atoms. The first-order chi connectivity index (χ1) is 13.7. The monoisotopic (exact) mass is 400 g/mol. The van der Waals surface area contributed by atoms with Crippen LogP contribution in [0.25, 0.3) is 0 Å². The second-order valence-electron chi connectivity index (χ2n) is 11.9. The van der Waals surface area contributed by atoms with E-state index in [4.69, 9.17) is 0 Å². The molecule has 0 aromatic rings. The zero-order valence-corrected chi connectivity index (χ0v) is 19.5. The molecule has 0 saturated heterocycles. The second kappa shape index (κ2) is 7.83.